The second-order valence-corrected chi connectivity index (χ2v) is 9.00. The van der Waals surface area contributed by atoms with Gasteiger partial charge in [0.25, 0.3) is 0 Å². The summed E-state index contributed by atoms with van der Waals surface area (Å²) >= 11 is 0. The first kappa shape index (κ1) is 20.4. The molecular weight excluding hydrogens is 326 g/mol. The summed E-state index contributed by atoms with van der Waals surface area (Å²) in [7, 11) is -2.98. The fraction of sp³-hybridized carbons (Fsp3) is 0.556. The molecule has 5 nitrogen and oxygen atoms in total. The quantitative estimate of drug-likeness (QED) is 0.655. The number of amides is 1. The van der Waals surface area contributed by atoms with Crippen LogP contribution in [0.25, 0.3) is 0 Å². The minimum absolute atomic E-state index is 0.127. The van der Waals surface area contributed by atoms with Crippen LogP contribution in [0.1, 0.15) is 52.0 Å². The molecule has 0 saturated heterocycles. The second kappa shape index (κ2) is 9.57. The van der Waals surface area contributed by atoms with Gasteiger partial charge < -0.3 is 5.32 Å². The molecule has 0 aromatic heterocycles. The number of hydrogen-bond donors (Lipinski definition) is 1. The lowest BCUT2D eigenvalue weighted by molar-refractivity contribution is -0.118. The highest BCUT2D eigenvalue weighted by molar-refractivity contribution is 7.91. The summed E-state index contributed by atoms with van der Waals surface area (Å²) in [6.07, 6.45) is 2.91. The van der Waals surface area contributed by atoms with E-state index in [9.17, 15) is 18.0 Å². The molecule has 0 heterocycles. The van der Waals surface area contributed by atoms with Crippen LogP contribution in [0, 0.1) is 0 Å². The number of hydrogen-bond acceptors (Lipinski definition) is 4. The van der Waals surface area contributed by atoms with Gasteiger partial charge >= 0.3 is 0 Å². The maximum absolute atomic E-state index is 12.0. The molecule has 0 unspecified atom stereocenters. The predicted molar refractivity (Wildman–Crippen MR) is 96.8 cm³/mol. The summed E-state index contributed by atoms with van der Waals surface area (Å²) in [4.78, 5) is 22.9. The summed E-state index contributed by atoms with van der Waals surface area (Å²) in [6, 6.07) is 7.22. The monoisotopic (exact) mass is 353 g/mol. The Morgan fingerprint density at radius 2 is 1.67 bits per heavy atom. The highest BCUT2D eigenvalue weighted by Crippen LogP contribution is 2.12. The second-order valence-electron chi connectivity index (χ2n) is 6.32. The lowest BCUT2D eigenvalue weighted by Crippen LogP contribution is -2.17. The van der Waals surface area contributed by atoms with E-state index in [0.29, 0.717) is 24.9 Å². The lowest BCUT2D eigenvalue weighted by Gasteiger charge is -2.07. The summed E-state index contributed by atoms with van der Waals surface area (Å²) in [5.74, 6) is 0.219. The third-order valence-electron chi connectivity index (χ3n) is 3.78. The Morgan fingerprint density at radius 1 is 1.04 bits per heavy atom. The van der Waals surface area contributed by atoms with Crippen molar-refractivity contribution in [3.8, 4) is 0 Å². The van der Waals surface area contributed by atoms with Gasteiger partial charge in [0.2, 0.25) is 5.91 Å². The van der Waals surface area contributed by atoms with Crippen molar-refractivity contribution in [2.45, 2.75) is 58.1 Å². The molecule has 0 aliphatic heterocycles. The van der Waals surface area contributed by atoms with Gasteiger partial charge in [-0.2, -0.15) is 0 Å². The number of benzene rings is 1. The lowest BCUT2D eigenvalue weighted by atomic mass is 10.0. The van der Waals surface area contributed by atoms with Crippen LogP contribution in [0.2, 0.25) is 0 Å². The van der Waals surface area contributed by atoms with Gasteiger partial charge in [-0.3, -0.25) is 9.59 Å². The van der Waals surface area contributed by atoms with Gasteiger partial charge in [-0.1, -0.05) is 18.6 Å². The maximum Gasteiger partial charge on any atom is 0.221 e. The zero-order valence-electron chi connectivity index (χ0n) is 14.7. The number of unbranched alkanes of at least 4 members (excludes halogenated alkanes) is 2. The molecule has 1 aromatic rings. The molecular formula is C18H27NO4S. The molecule has 0 spiro atoms. The zero-order valence-corrected chi connectivity index (χ0v) is 15.5. The van der Waals surface area contributed by atoms with Gasteiger partial charge in [0.05, 0.1) is 11.0 Å². The van der Waals surface area contributed by atoms with Crippen molar-refractivity contribution in [1.82, 2.24) is 0 Å². The maximum atomic E-state index is 12.0. The zero-order chi connectivity index (χ0) is 18.2. The molecule has 0 atom stereocenters. The first-order chi connectivity index (χ1) is 11.2. The topological polar surface area (TPSA) is 80.3 Å². The number of Topliss-reactive ketones (excluding diaryl/α,β-unsaturated/α-hetero) is 1. The average molecular weight is 353 g/mol. The van der Waals surface area contributed by atoms with E-state index in [2.05, 4.69) is 5.32 Å². The van der Waals surface area contributed by atoms with Crippen molar-refractivity contribution >= 4 is 27.2 Å². The average Bonchev–Trinajstić information content (AvgIpc) is 2.48. The molecule has 6 heteroatoms. The number of nitrogens with one attached hydrogen (secondary N) is 1. The molecule has 134 valence electrons. The van der Waals surface area contributed by atoms with Gasteiger partial charge in [0, 0.05) is 25.5 Å². The van der Waals surface area contributed by atoms with E-state index in [0.717, 1.165) is 18.4 Å². The largest absolute Gasteiger partial charge is 0.326 e. The summed E-state index contributed by atoms with van der Waals surface area (Å²) in [5.41, 5.74) is 1.63. The summed E-state index contributed by atoms with van der Waals surface area (Å²) in [6.45, 7) is 4.83. The molecule has 0 aliphatic carbocycles. The first-order valence-electron chi connectivity index (χ1n) is 8.30. The van der Waals surface area contributed by atoms with Crippen molar-refractivity contribution in [2.24, 2.45) is 0 Å². The Bertz CT molecular complexity index is 648. The van der Waals surface area contributed by atoms with Gasteiger partial charge in [0.1, 0.15) is 5.78 Å². The number of carbonyl (C=O) groups is 2. The van der Waals surface area contributed by atoms with Crippen LogP contribution in [0.15, 0.2) is 24.3 Å². The molecule has 1 aromatic carbocycles. The van der Waals surface area contributed by atoms with E-state index in [1.165, 1.54) is 6.92 Å². The molecule has 1 amide bonds. The standard InChI is InChI=1S/C18H27NO4S/c1-14(2)24(22,23)12-6-4-5-7-18(21)13-16-8-10-17(11-9-16)19-15(3)20/h8-11,14H,4-7,12-13H2,1-3H3,(H,19,20). The third-order valence-corrected chi connectivity index (χ3v) is 6.07. The molecule has 0 radical (unpaired) electrons. The minimum atomic E-state index is -2.98. The molecule has 0 saturated carbocycles. The molecule has 1 N–H and O–H groups in total. The van der Waals surface area contributed by atoms with Crippen LogP contribution in [0.3, 0.4) is 0 Å². The third kappa shape index (κ3) is 7.73. The number of ketones is 1. The van der Waals surface area contributed by atoms with Crippen LogP contribution in [-0.2, 0) is 25.8 Å². The van der Waals surface area contributed by atoms with Crippen LogP contribution in [0.5, 0.6) is 0 Å². The Balaban J connectivity index is 2.28. The first-order valence-corrected chi connectivity index (χ1v) is 10.0. The van der Waals surface area contributed by atoms with Crippen molar-refractivity contribution in [2.75, 3.05) is 11.1 Å². The van der Waals surface area contributed by atoms with Gasteiger partial charge in [-0.05, 0) is 44.4 Å². The number of carbonyl (C=O) groups excluding carboxylic acids is 2. The Morgan fingerprint density at radius 3 is 2.21 bits per heavy atom. The molecule has 24 heavy (non-hydrogen) atoms. The number of anilines is 1. The van der Waals surface area contributed by atoms with Gasteiger partial charge in [-0.15, -0.1) is 0 Å². The number of rotatable bonds is 10. The van der Waals surface area contributed by atoms with Gasteiger partial charge in [0.15, 0.2) is 9.84 Å². The SMILES string of the molecule is CC(=O)Nc1ccc(CC(=O)CCCCCS(=O)(=O)C(C)C)cc1. The molecule has 0 aliphatic rings. The Kier molecular flexibility index (Phi) is 8.11. The number of sulfone groups is 1. The minimum Gasteiger partial charge on any atom is -0.326 e. The van der Waals surface area contributed by atoms with Crippen LogP contribution < -0.4 is 5.32 Å². The summed E-state index contributed by atoms with van der Waals surface area (Å²) < 4.78 is 23.3. The predicted octanol–water partition coefficient (Wildman–Crippen LogP) is 3.14. The Labute approximate surface area is 144 Å². The highest BCUT2D eigenvalue weighted by Gasteiger charge is 2.15. The van der Waals surface area contributed by atoms with E-state index in [1.807, 2.05) is 12.1 Å². The van der Waals surface area contributed by atoms with E-state index < -0.39 is 9.84 Å². The van der Waals surface area contributed by atoms with Crippen LogP contribution in [0.4, 0.5) is 5.69 Å². The van der Waals surface area contributed by atoms with Crippen LogP contribution >= 0.6 is 0 Å². The van der Waals surface area contributed by atoms with Crippen molar-refractivity contribution in [1.29, 1.82) is 0 Å². The van der Waals surface area contributed by atoms with Gasteiger partial charge in [-0.25, -0.2) is 8.42 Å². The molecule has 1 rings (SSSR count). The van der Waals surface area contributed by atoms with Crippen molar-refractivity contribution in [3.63, 3.8) is 0 Å². The fourth-order valence-electron chi connectivity index (χ4n) is 2.26. The molecule has 0 fully saturated rings. The van der Waals surface area contributed by atoms with E-state index in [-0.39, 0.29) is 22.7 Å². The highest BCUT2D eigenvalue weighted by atomic mass is 32.2. The summed E-state index contributed by atoms with van der Waals surface area (Å²) in [5, 5.41) is 2.35. The van der Waals surface area contributed by atoms with E-state index in [1.54, 1.807) is 26.0 Å². The van der Waals surface area contributed by atoms with E-state index >= 15 is 0 Å². The normalized spacial score (nSPS) is 11.5. The van der Waals surface area contributed by atoms with E-state index in [4.69, 9.17) is 0 Å². The van der Waals surface area contributed by atoms with Crippen LogP contribution in [-0.4, -0.2) is 31.1 Å². The fourth-order valence-corrected chi connectivity index (χ4v) is 3.34. The smallest absolute Gasteiger partial charge is 0.221 e. The Hall–Kier alpha value is -1.69. The van der Waals surface area contributed by atoms with Crippen molar-refractivity contribution < 1.29 is 18.0 Å². The molecule has 0 bridgehead atoms. The van der Waals surface area contributed by atoms with Crippen molar-refractivity contribution in [3.05, 3.63) is 29.8 Å².